The van der Waals surface area contributed by atoms with Crippen molar-refractivity contribution in [1.82, 2.24) is 4.98 Å². The maximum absolute atomic E-state index is 13.3. The van der Waals surface area contributed by atoms with Crippen molar-refractivity contribution < 1.29 is 8.78 Å². The smallest absolute Gasteiger partial charge is 0.143 e. The first kappa shape index (κ1) is 10.1. The molecule has 0 aliphatic heterocycles. The lowest BCUT2D eigenvalue weighted by molar-refractivity contribution is 0.581. The molecule has 0 saturated heterocycles. The Hall–Kier alpha value is -1.48. The van der Waals surface area contributed by atoms with E-state index in [-0.39, 0.29) is 11.3 Å². The summed E-state index contributed by atoms with van der Waals surface area (Å²) in [6, 6.07) is 7.56. The largest absolute Gasteiger partial charge is 0.255 e. The molecule has 15 heavy (non-hydrogen) atoms. The molecule has 0 N–H and O–H groups in total. The van der Waals surface area contributed by atoms with Crippen LogP contribution in [-0.2, 0) is 0 Å². The summed E-state index contributed by atoms with van der Waals surface area (Å²) in [6.45, 7) is 0. The van der Waals surface area contributed by atoms with E-state index in [1.165, 1.54) is 12.3 Å². The summed E-state index contributed by atoms with van der Waals surface area (Å²) in [5.74, 6) is -1.54. The molecule has 1 nitrogen and oxygen atoms in total. The molecule has 4 heteroatoms. The van der Waals surface area contributed by atoms with Crippen LogP contribution >= 0.6 is 11.6 Å². The molecule has 0 fully saturated rings. The van der Waals surface area contributed by atoms with Crippen molar-refractivity contribution >= 4 is 11.6 Å². The van der Waals surface area contributed by atoms with Gasteiger partial charge < -0.3 is 0 Å². The van der Waals surface area contributed by atoms with Gasteiger partial charge in [-0.25, -0.2) is 8.78 Å². The lowest BCUT2D eigenvalue weighted by atomic mass is 10.1. The van der Waals surface area contributed by atoms with E-state index in [2.05, 4.69) is 4.98 Å². The minimum atomic E-state index is -0.796. The van der Waals surface area contributed by atoms with Gasteiger partial charge in [-0.3, -0.25) is 4.98 Å². The molecule has 0 aliphatic rings. The summed E-state index contributed by atoms with van der Waals surface area (Å²) in [7, 11) is 0. The van der Waals surface area contributed by atoms with Crippen LogP contribution in [0.1, 0.15) is 0 Å². The van der Waals surface area contributed by atoms with Crippen molar-refractivity contribution in [1.29, 1.82) is 0 Å². The van der Waals surface area contributed by atoms with E-state index in [0.717, 1.165) is 6.07 Å². The van der Waals surface area contributed by atoms with Gasteiger partial charge in [0.25, 0.3) is 0 Å². The van der Waals surface area contributed by atoms with E-state index in [4.69, 9.17) is 11.6 Å². The highest BCUT2D eigenvalue weighted by atomic mass is 35.5. The molecule has 0 amide bonds. The first-order valence-corrected chi connectivity index (χ1v) is 4.54. The fraction of sp³-hybridized carbons (Fsp3) is 0. The second-order valence-electron chi connectivity index (χ2n) is 2.87. The van der Waals surface area contributed by atoms with E-state index in [1.807, 2.05) is 6.07 Å². The second kappa shape index (κ2) is 3.95. The molecular formula is C11H5ClF2N. The predicted octanol–water partition coefficient (Wildman–Crippen LogP) is 3.48. The molecule has 1 radical (unpaired) electrons. The zero-order chi connectivity index (χ0) is 10.8. The molecule has 2 rings (SSSR count). The van der Waals surface area contributed by atoms with Crippen molar-refractivity contribution in [2.24, 2.45) is 0 Å². The van der Waals surface area contributed by atoms with Gasteiger partial charge in [0, 0.05) is 11.8 Å². The van der Waals surface area contributed by atoms with Crippen LogP contribution < -0.4 is 0 Å². The van der Waals surface area contributed by atoms with Crippen LogP contribution in [0.2, 0.25) is 5.02 Å². The number of nitrogens with zero attached hydrogens (tertiary/aromatic N) is 1. The molecule has 75 valence electrons. The average molecular weight is 225 g/mol. The summed E-state index contributed by atoms with van der Waals surface area (Å²) >= 11 is 5.83. The van der Waals surface area contributed by atoms with E-state index in [9.17, 15) is 8.78 Å². The van der Waals surface area contributed by atoms with Crippen LogP contribution in [0.5, 0.6) is 0 Å². The summed E-state index contributed by atoms with van der Waals surface area (Å²) < 4.78 is 25.9. The number of hydrogen-bond donors (Lipinski definition) is 0. The van der Waals surface area contributed by atoms with Gasteiger partial charge in [-0.15, -0.1) is 0 Å². The maximum Gasteiger partial charge on any atom is 0.143 e. The zero-order valence-corrected chi connectivity index (χ0v) is 8.22. The lowest BCUT2D eigenvalue weighted by Gasteiger charge is -2.03. The molecule has 1 aromatic carbocycles. The number of hydrogen-bond acceptors (Lipinski definition) is 1. The number of aromatic nitrogens is 1. The summed E-state index contributed by atoms with van der Waals surface area (Å²) in [5, 5.41) is 0.316. The Labute approximate surface area is 90.3 Å². The molecule has 0 aliphatic carbocycles. The van der Waals surface area contributed by atoms with Crippen molar-refractivity contribution in [3.63, 3.8) is 0 Å². The SMILES string of the molecule is Fc1[c]c(F)c(-c2ncccc2Cl)cc1. The van der Waals surface area contributed by atoms with Gasteiger partial charge >= 0.3 is 0 Å². The predicted molar refractivity (Wildman–Crippen MR) is 53.4 cm³/mol. The Morgan fingerprint density at radius 3 is 2.67 bits per heavy atom. The molecule has 1 heterocycles. The van der Waals surface area contributed by atoms with E-state index < -0.39 is 11.6 Å². The molecule has 0 bridgehead atoms. The fourth-order valence-corrected chi connectivity index (χ4v) is 1.43. The van der Waals surface area contributed by atoms with Gasteiger partial charge in [-0.2, -0.15) is 0 Å². The molecular weight excluding hydrogens is 220 g/mol. The van der Waals surface area contributed by atoms with Gasteiger partial charge in [-0.1, -0.05) is 11.6 Å². The average Bonchev–Trinajstić information content (AvgIpc) is 2.20. The Bertz CT molecular complexity index is 500. The third kappa shape index (κ3) is 1.97. The Morgan fingerprint density at radius 2 is 2.00 bits per heavy atom. The maximum atomic E-state index is 13.3. The second-order valence-corrected chi connectivity index (χ2v) is 3.27. The Balaban J connectivity index is 2.60. The Morgan fingerprint density at radius 1 is 1.20 bits per heavy atom. The zero-order valence-electron chi connectivity index (χ0n) is 7.47. The monoisotopic (exact) mass is 224 g/mol. The summed E-state index contributed by atoms with van der Waals surface area (Å²) in [6.07, 6.45) is 1.49. The van der Waals surface area contributed by atoms with Crippen LogP contribution in [0.15, 0.2) is 30.5 Å². The normalized spacial score (nSPS) is 10.3. The standard InChI is InChI=1S/C11H5ClF2N/c12-9-2-1-5-15-11(9)8-4-3-7(13)6-10(8)14/h1-5H. The fourth-order valence-electron chi connectivity index (χ4n) is 1.21. The molecule has 0 spiro atoms. The van der Waals surface area contributed by atoms with Crippen molar-refractivity contribution in [3.05, 3.63) is 53.2 Å². The first-order chi connectivity index (χ1) is 7.18. The number of benzene rings is 1. The lowest BCUT2D eigenvalue weighted by Crippen LogP contribution is -1.90. The minimum absolute atomic E-state index is 0.141. The highest BCUT2D eigenvalue weighted by molar-refractivity contribution is 6.33. The third-order valence-electron chi connectivity index (χ3n) is 1.88. The summed E-state index contributed by atoms with van der Waals surface area (Å²) in [4.78, 5) is 3.92. The van der Waals surface area contributed by atoms with Gasteiger partial charge in [0.15, 0.2) is 0 Å². The van der Waals surface area contributed by atoms with Crippen molar-refractivity contribution in [2.45, 2.75) is 0 Å². The highest BCUT2D eigenvalue weighted by Crippen LogP contribution is 2.27. The van der Waals surface area contributed by atoms with Gasteiger partial charge in [0.1, 0.15) is 11.6 Å². The molecule has 0 unspecified atom stereocenters. The summed E-state index contributed by atoms with van der Waals surface area (Å²) in [5.41, 5.74) is 0.426. The van der Waals surface area contributed by atoms with Crippen LogP contribution in [0, 0.1) is 17.7 Å². The van der Waals surface area contributed by atoms with Crippen molar-refractivity contribution in [3.8, 4) is 11.3 Å². The van der Waals surface area contributed by atoms with E-state index in [1.54, 1.807) is 12.1 Å². The number of rotatable bonds is 1. The first-order valence-electron chi connectivity index (χ1n) is 4.16. The molecule has 1 aromatic heterocycles. The van der Waals surface area contributed by atoms with Crippen LogP contribution in [0.3, 0.4) is 0 Å². The van der Waals surface area contributed by atoms with Crippen molar-refractivity contribution in [2.75, 3.05) is 0 Å². The molecule has 2 aromatic rings. The van der Waals surface area contributed by atoms with Crippen LogP contribution in [-0.4, -0.2) is 4.98 Å². The van der Waals surface area contributed by atoms with Gasteiger partial charge in [-0.05, 0) is 24.3 Å². The van der Waals surface area contributed by atoms with Crippen LogP contribution in [0.4, 0.5) is 8.78 Å². The van der Waals surface area contributed by atoms with Crippen LogP contribution in [0.25, 0.3) is 11.3 Å². The van der Waals surface area contributed by atoms with Gasteiger partial charge in [0.2, 0.25) is 0 Å². The van der Waals surface area contributed by atoms with E-state index >= 15 is 0 Å². The van der Waals surface area contributed by atoms with E-state index in [0.29, 0.717) is 5.02 Å². The minimum Gasteiger partial charge on any atom is -0.255 e. The topological polar surface area (TPSA) is 12.9 Å². The Kier molecular flexibility index (Phi) is 2.64. The number of halogens is 3. The quantitative estimate of drug-likeness (QED) is 0.723. The molecule has 0 saturated carbocycles. The highest BCUT2D eigenvalue weighted by Gasteiger charge is 2.10. The molecule has 0 atom stereocenters. The third-order valence-corrected chi connectivity index (χ3v) is 2.18. The van der Waals surface area contributed by atoms with Gasteiger partial charge in [0.05, 0.1) is 16.8 Å². The number of pyridine rings is 1.